The van der Waals surface area contributed by atoms with E-state index in [9.17, 15) is 4.79 Å². The molecule has 0 unspecified atom stereocenters. The molecular formula is C26H19ClN2O2. The van der Waals surface area contributed by atoms with Crippen LogP contribution in [0.5, 0.6) is 0 Å². The number of hydrogen-bond donors (Lipinski definition) is 0. The molecule has 0 amide bonds. The van der Waals surface area contributed by atoms with Crippen molar-refractivity contribution in [3.63, 3.8) is 0 Å². The number of fused-ring (bicyclic) bond motifs is 1. The van der Waals surface area contributed by atoms with Crippen LogP contribution in [0, 0.1) is 6.92 Å². The summed E-state index contributed by atoms with van der Waals surface area (Å²) in [5.41, 5.74) is 3.98. The third-order valence-electron chi connectivity index (χ3n) is 5.24. The van der Waals surface area contributed by atoms with Crippen molar-refractivity contribution in [2.45, 2.75) is 13.5 Å². The van der Waals surface area contributed by atoms with Crippen LogP contribution in [0.25, 0.3) is 22.6 Å². The lowest BCUT2D eigenvalue weighted by atomic mass is 10.0. The van der Waals surface area contributed by atoms with Crippen molar-refractivity contribution in [3.8, 4) is 11.6 Å². The highest BCUT2D eigenvalue weighted by Gasteiger charge is 2.18. The largest absolute Gasteiger partial charge is 0.458 e. The first-order chi connectivity index (χ1) is 15.1. The van der Waals surface area contributed by atoms with Gasteiger partial charge in [-0.3, -0.25) is 4.79 Å². The number of benzene rings is 3. The van der Waals surface area contributed by atoms with Crippen molar-refractivity contribution in [2.24, 2.45) is 0 Å². The molecule has 0 saturated heterocycles. The zero-order valence-electron chi connectivity index (χ0n) is 16.9. The molecule has 0 spiro atoms. The summed E-state index contributed by atoms with van der Waals surface area (Å²) in [6, 6.07) is 26.5. The molecule has 2 heterocycles. The van der Waals surface area contributed by atoms with Crippen molar-refractivity contribution in [1.82, 2.24) is 9.55 Å². The second kappa shape index (κ2) is 7.89. The summed E-state index contributed by atoms with van der Waals surface area (Å²) in [6.07, 6.45) is 0. The maximum atomic E-state index is 13.0. The third-order valence-corrected chi connectivity index (χ3v) is 5.47. The molecule has 5 rings (SSSR count). The van der Waals surface area contributed by atoms with E-state index < -0.39 is 0 Å². The van der Waals surface area contributed by atoms with E-state index in [-0.39, 0.29) is 5.78 Å². The molecule has 2 aromatic heterocycles. The molecule has 4 nitrogen and oxygen atoms in total. The molecule has 0 N–H and O–H groups in total. The minimum atomic E-state index is -0.0200. The summed E-state index contributed by atoms with van der Waals surface area (Å²) >= 11 is 6.21. The molecule has 0 radical (unpaired) electrons. The number of aromatic nitrogens is 2. The molecule has 3 aromatic carbocycles. The first-order valence-electron chi connectivity index (χ1n) is 10.00. The number of imidazole rings is 1. The smallest absolute Gasteiger partial charge is 0.193 e. The van der Waals surface area contributed by atoms with Gasteiger partial charge in [0.2, 0.25) is 0 Å². The number of carbonyl (C=O) groups excluding carboxylic acids is 1. The Morgan fingerprint density at radius 1 is 0.935 bits per heavy atom. The minimum Gasteiger partial charge on any atom is -0.458 e. The van der Waals surface area contributed by atoms with Crippen molar-refractivity contribution >= 4 is 28.4 Å². The highest BCUT2D eigenvalue weighted by Crippen LogP contribution is 2.29. The van der Waals surface area contributed by atoms with Gasteiger partial charge in [-0.2, -0.15) is 0 Å². The highest BCUT2D eigenvalue weighted by atomic mass is 35.5. The quantitative estimate of drug-likeness (QED) is 0.300. The van der Waals surface area contributed by atoms with Gasteiger partial charge in [-0.05, 0) is 55.0 Å². The number of carbonyl (C=O) groups is 1. The van der Waals surface area contributed by atoms with Gasteiger partial charge in [-0.1, -0.05) is 54.1 Å². The van der Waals surface area contributed by atoms with Crippen LogP contribution in [-0.4, -0.2) is 15.3 Å². The monoisotopic (exact) mass is 426 g/mol. The molecule has 31 heavy (non-hydrogen) atoms. The van der Waals surface area contributed by atoms with Gasteiger partial charge in [0.15, 0.2) is 17.4 Å². The Morgan fingerprint density at radius 2 is 1.77 bits per heavy atom. The molecule has 0 saturated carbocycles. The lowest BCUT2D eigenvalue weighted by molar-refractivity contribution is 0.103. The van der Waals surface area contributed by atoms with E-state index in [1.807, 2.05) is 91.9 Å². The van der Waals surface area contributed by atoms with Crippen LogP contribution in [-0.2, 0) is 6.54 Å². The van der Waals surface area contributed by atoms with Gasteiger partial charge >= 0.3 is 0 Å². The Morgan fingerprint density at radius 3 is 2.52 bits per heavy atom. The van der Waals surface area contributed by atoms with E-state index in [4.69, 9.17) is 21.0 Å². The summed E-state index contributed by atoms with van der Waals surface area (Å²) < 4.78 is 7.94. The van der Waals surface area contributed by atoms with Crippen LogP contribution >= 0.6 is 11.6 Å². The van der Waals surface area contributed by atoms with E-state index >= 15 is 0 Å². The maximum absolute atomic E-state index is 13.0. The van der Waals surface area contributed by atoms with Gasteiger partial charge in [0.25, 0.3) is 0 Å². The number of ketones is 1. The van der Waals surface area contributed by atoms with Crippen molar-refractivity contribution < 1.29 is 9.21 Å². The van der Waals surface area contributed by atoms with Crippen LogP contribution in [0.3, 0.4) is 0 Å². The SMILES string of the molecule is Cc1ccc(-c2nc3ccc(C(=O)c4ccccc4)cc3n2Cc2cccc(Cl)c2)o1. The van der Waals surface area contributed by atoms with Crippen LogP contribution in [0.2, 0.25) is 5.02 Å². The van der Waals surface area contributed by atoms with Crippen molar-refractivity contribution in [2.75, 3.05) is 0 Å². The summed E-state index contributed by atoms with van der Waals surface area (Å²) in [6.45, 7) is 2.46. The zero-order chi connectivity index (χ0) is 21.4. The lowest BCUT2D eigenvalue weighted by Crippen LogP contribution is -2.04. The van der Waals surface area contributed by atoms with Crippen LogP contribution < -0.4 is 0 Å². The first-order valence-corrected chi connectivity index (χ1v) is 10.4. The summed E-state index contributed by atoms with van der Waals surface area (Å²) in [7, 11) is 0. The van der Waals surface area contributed by atoms with Crippen molar-refractivity contribution in [3.05, 3.63) is 112 Å². The Balaban J connectivity index is 1.66. The van der Waals surface area contributed by atoms with E-state index in [1.54, 1.807) is 0 Å². The first kappa shape index (κ1) is 19.3. The molecule has 152 valence electrons. The van der Waals surface area contributed by atoms with Crippen LogP contribution in [0.1, 0.15) is 27.2 Å². The molecule has 5 heteroatoms. The Bertz CT molecular complexity index is 1400. The molecule has 0 fully saturated rings. The normalized spacial score (nSPS) is 11.2. The predicted octanol–water partition coefficient (Wildman–Crippen LogP) is 6.54. The number of rotatable bonds is 5. The van der Waals surface area contributed by atoms with Gasteiger partial charge in [0, 0.05) is 22.7 Å². The number of halogens is 1. The van der Waals surface area contributed by atoms with Gasteiger partial charge in [-0.25, -0.2) is 4.98 Å². The Hall–Kier alpha value is -3.63. The van der Waals surface area contributed by atoms with E-state index in [0.29, 0.717) is 34.3 Å². The summed E-state index contributed by atoms with van der Waals surface area (Å²) in [4.78, 5) is 17.8. The average Bonchev–Trinajstić information content (AvgIpc) is 3.37. The maximum Gasteiger partial charge on any atom is 0.193 e. The van der Waals surface area contributed by atoms with Gasteiger partial charge < -0.3 is 8.98 Å². The van der Waals surface area contributed by atoms with Gasteiger partial charge in [0.1, 0.15) is 5.76 Å². The predicted molar refractivity (Wildman–Crippen MR) is 123 cm³/mol. The summed E-state index contributed by atoms with van der Waals surface area (Å²) in [5.74, 6) is 2.20. The third kappa shape index (κ3) is 3.78. The molecule has 0 aliphatic heterocycles. The number of nitrogens with zero attached hydrogens (tertiary/aromatic N) is 2. The molecular weight excluding hydrogens is 408 g/mol. The number of hydrogen-bond acceptors (Lipinski definition) is 3. The number of aryl methyl sites for hydroxylation is 1. The highest BCUT2D eigenvalue weighted by molar-refractivity contribution is 6.30. The van der Waals surface area contributed by atoms with E-state index in [2.05, 4.69) is 4.57 Å². The van der Waals surface area contributed by atoms with Crippen molar-refractivity contribution in [1.29, 1.82) is 0 Å². The zero-order valence-corrected chi connectivity index (χ0v) is 17.6. The summed E-state index contributed by atoms with van der Waals surface area (Å²) in [5, 5.41) is 0.678. The lowest BCUT2D eigenvalue weighted by Gasteiger charge is -2.09. The van der Waals surface area contributed by atoms with Gasteiger partial charge in [-0.15, -0.1) is 0 Å². The second-order valence-electron chi connectivity index (χ2n) is 7.46. The standard InChI is InChI=1S/C26H19ClN2O2/c1-17-10-13-24(31-17)26-28-22-12-11-20(25(30)19-7-3-2-4-8-19)15-23(22)29(26)16-18-6-5-9-21(27)14-18/h2-15H,16H2,1H3. The second-order valence-corrected chi connectivity index (χ2v) is 7.90. The van der Waals surface area contributed by atoms with E-state index in [1.165, 1.54) is 0 Å². The van der Waals surface area contributed by atoms with Crippen LogP contribution in [0.4, 0.5) is 0 Å². The molecule has 5 aromatic rings. The van der Waals surface area contributed by atoms with E-state index in [0.717, 1.165) is 22.4 Å². The fourth-order valence-corrected chi connectivity index (χ4v) is 3.95. The molecule has 0 atom stereocenters. The average molecular weight is 427 g/mol. The topological polar surface area (TPSA) is 48.0 Å². The molecule has 0 aliphatic rings. The number of furan rings is 1. The molecule has 0 bridgehead atoms. The fourth-order valence-electron chi connectivity index (χ4n) is 3.74. The fraction of sp³-hybridized carbons (Fsp3) is 0.0769. The van der Waals surface area contributed by atoms with Gasteiger partial charge in [0.05, 0.1) is 11.0 Å². The Labute approximate surface area is 184 Å². The molecule has 0 aliphatic carbocycles. The van der Waals surface area contributed by atoms with Crippen LogP contribution in [0.15, 0.2) is 89.3 Å². The Kier molecular flexibility index (Phi) is 4.92. The minimum absolute atomic E-state index is 0.0200.